The molecule has 1 aromatic rings. The smallest absolute Gasteiger partial charge is 0.394 e. The summed E-state index contributed by atoms with van der Waals surface area (Å²) in [5, 5.41) is 12.3. The Balaban J connectivity index is 1.91. The normalized spacial score (nSPS) is 17.5. The van der Waals surface area contributed by atoms with Crippen molar-refractivity contribution in [3.63, 3.8) is 0 Å². The van der Waals surface area contributed by atoms with Gasteiger partial charge in [0.1, 0.15) is 0 Å². The van der Waals surface area contributed by atoms with Crippen molar-refractivity contribution in [1.82, 2.24) is 5.32 Å². The van der Waals surface area contributed by atoms with Crippen LogP contribution in [0.15, 0.2) is 29.2 Å². The van der Waals surface area contributed by atoms with Crippen molar-refractivity contribution < 1.29 is 23.1 Å². The number of aliphatic hydroxyl groups excluding tert-OH is 1. The number of halogens is 3. The third kappa shape index (κ3) is 4.39. The molecule has 0 bridgehead atoms. The number of carbonyl (C=O) groups is 1. The molecule has 22 heavy (non-hydrogen) atoms. The third-order valence-corrected chi connectivity index (χ3v) is 4.79. The molecular weight excluding hydrogens is 315 g/mol. The van der Waals surface area contributed by atoms with E-state index in [1.165, 1.54) is 6.07 Å². The average Bonchev–Trinajstić information content (AvgIpc) is 2.94. The number of aliphatic hydroxyl groups is 1. The van der Waals surface area contributed by atoms with Gasteiger partial charge in [-0.1, -0.05) is 18.9 Å². The van der Waals surface area contributed by atoms with E-state index in [0.29, 0.717) is 4.90 Å². The van der Waals surface area contributed by atoms with Crippen LogP contribution in [-0.4, -0.2) is 28.9 Å². The van der Waals surface area contributed by atoms with E-state index in [-0.39, 0.29) is 18.3 Å². The lowest BCUT2D eigenvalue weighted by atomic mass is 9.99. The van der Waals surface area contributed by atoms with Gasteiger partial charge in [0.05, 0.1) is 23.5 Å². The first-order valence-electron chi connectivity index (χ1n) is 7.07. The van der Waals surface area contributed by atoms with Crippen molar-refractivity contribution in [2.75, 3.05) is 12.4 Å². The summed E-state index contributed by atoms with van der Waals surface area (Å²) in [4.78, 5) is 12.4. The van der Waals surface area contributed by atoms with E-state index in [4.69, 9.17) is 0 Å². The molecule has 1 saturated carbocycles. The van der Waals surface area contributed by atoms with Gasteiger partial charge in [-0.05, 0) is 31.0 Å². The molecule has 0 radical (unpaired) electrons. The SMILES string of the molecule is O=C(CSc1cccc(C(F)(F)F)c1)NC1(CO)CCCC1. The number of benzene rings is 1. The zero-order valence-corrected chi connectivity index (χ0v) is 12.8. The maximum Gasteiger partial charge on any atom is 0.416 e. The number of thioether (sulfide) groups is 1. The second kappa shape index (κ2) is 6.91. The predicted octanol–water partition coefficient (Wildman–Crippen LogP) is 3.22. The number of rotatable bonds is 5. The minimum absolute atomic E-state index is 0.0308. The highest BCUT2D eigenvalue weighted by molar-refractivity contribution is 8.00. The summed E-state index contributed by atoms with van der Waals surface area (Å²) in [5.41, 5.74) is -1.27. The van der Waals surface area contributed by atoms with E-state index in [9.17, 15) is 23.1 Å². The van der Waals surface area contributed by atoms with E-state index in [1.807, 2.05) is 0 Å². The molecule has 2 rings (SSSR count). The Labute approximate surface area is 131 Å². The first-order valence-corrected chi connectivity index (χ1v) is 8.05. The van der Waals surface area contributed by atoms with Gasteiger partial charge in [0.25, 0.3) is 0 Å². The standard InChI is InChI=1S/C15H18F3NO2S/c16-15(17,18)11-4-3-5-12(8-11)22-9-13(21)19-14(10-20)6-1-2-7-14/h3-5,8,20H,1-2,6-7,9-10H2,(H,19,21). The lowest BCUT2D eigenvalue weighted by Crippen LogP contribution is -2.49. The highest BCUT2D eigenvalue weighted by atomic mass is 32.2. The van der Waals surface area contributed by atoms with Gasteiger partial charge in [0.15, 0.2) is 0 Å². The molecule has 0 unspecified atom stereocenters. The number of hydrogen-bond acceptors (Lipinski definition) is 3. The van der Waals surface area contributed by atoms with Crippen molar-refractivity contribution in [1.29, 1.82) is 0 Å². The zero-order valence-electron chi connectivity index (χ0n) is 11.9. The fourth-order valence-corrected chi connectivity index (χ4v) is 3.37. The van der Waals surface area contributed by atoms with Crippen LogP contribution < -0.4 is 5.32 Å². The maximum absolute atomic E-state index is 12.6. The molecule has 1 aliphatic rings. The minimum Gasteiger partial charge on any atom is -0.394 e. The molecule has 1 aliphatic carbocycles. The Morgan fingerprint density at radius 3 is 2.59 bits per heavy atom. The quantitative estimate of drug-likeness (QED) is 0.814. The Kier molecular flexibility index (Phi) is 5.39. The monoisotopic (exact) mass is 333 g/mol. The van der Waals surface area contributed by atoms with Crippen LogP contribution in [0.5, 0.6) is 0 Å². The van der Waals surface area contributed by atoms with E-state index in [2.05, 4.69) is 5.32 Å². The van der Waals surface area contributed by atoms with Crippen molar-refractivity contribution in [2.24, 2.45) is 0 Å². The zero-order chi connectivity index (χ0) is 16.2. The molecular formula is C15H18F3NO2S. The molecule has 2 N–H and O–H groups in total. The first kappa shape index (κ1) is 17.1. The summed E-state index contributed by atoms with van der Waals surface area (Å²) in [6.45, 7) is -0.104. The van der Waals surface area contributed by atoms with E-state index in [0.717, 1.165) is 49.6 Å². The van der Waals surface area contributed by atoms with Gasteiger partial charge in [-0.25, -0.2) is 0 Å². The minimum atomic E-state index is -4.39. The average molecular weight is 333 g/mol. The van der Waals surface area contributed by atoms with Crippen LogP contribution in [-0.2, 0) is 11.0 Å². The molecule has 0 saturated heterocycles. The number of alkyl halides is 3. The van der Waals surface area contributed by atoms with Crippen LogP contribution >= 0.6 is 11.8 Å². The van der Waals surface area contributed by atoms with Crippen LogP contribution in [0.25, 0.3) is 0 Å². The van der Waals surface area contributed by atoms with Gasteiger partial charge in [0, 0.05) is 4.90 Å². The summed E-state index contributed by atoms with van der Waals surface area (Å²) in [7, 11) is 0. The first-order chi connectivity index (χ1) is 10.3. The van der Waals surface area contributed by atoms with Crippen molar-refractivity contribution in [3.8, 4) is 0 Å². The van der Waals surface area contributed by atoms with Gasteiger partial charge in [-0.2, -0.15) is 13.2 Å². The largest absolute Gasteiger partial charge is 0.416 e. The van der Waals surface area contributed by atoms with Crippen molar-refractivity contribution >= 4 is 17.7 Å². The van der Waals surface area contributed by atoms with Crippen LogP contribution in [0.3, 0.4) is 0 Å². The topological polar surface area (TPSA) is 49.3 Å². The number of hydrogen-bond donors (Lipinski definition) is 2. The molecule has 0 spiro atoms. The lowest BCUT2D eigenvalue weighted by Gasteiger charge is -2.27. The molecule has 1 fully saturated rings. The lowest BCUT2D eigenvalue weighted by molar-refractivity contribution is -0.137. The molecule has 0 aliphatic heterocycles. The summed E-state index contributed by atoms with van der Waals surface area (Å²) < 4.78 is 37.9. The molecule has 1 amide bonds. The van der Waals surface area contributed by atoms with Gasteiger partial charge in [0.2, 0.25) is 5.91 Å². The third-order valence-electron chi connectivity index (χ3n) is 3.80. The Bertz CT molecular complexity index is 528. The number of carbonyl (C=O) groups excluding carboxylic acids is 1. The molecule has 1 aromatic carbocycles. The second-order valence-electron chi connectivity index (χ2n) is 5.51. The van der Waals surface area contributed by atoms with Gasteiger partial charge < -0.3 is 10.4 Å². The van der Waals surface area contributed by atoms with Gasteiger partial charge in [-0.15, -0.1) is 11.8 Å². The molecule has 3 nitrogen and oxygen atoms in total. The van der Waals surface area contributed by atoms with E-state index in [1.54, 1.807) is 6.07 Å². The second-order valence-corrected chi connectivity index (χ2v) is 6.56. The van der Waals surface area contributed by atoms with Crippen LogP contribution in [0, 0.1) is 0 Å². The molecule has 0 aromatic heterocycles. The van der Waals surface area contributed by atoms with E-state index < -0.39 is 17.3 Å². The van der Waals surface area contributed by atoms with Crippen LogP contribution in [0.2, 0.25) is 0 Å². The fraction of sp³-hybridized carbons (Fsp3) is 0.533. The predicted molar refractivity (Wildman–Crippen MR) is 78.6 cm³/mol. The molecule has 7 heteroatoms. The Morgan fingerprint density at radius 1 is 1.32 bits per heavy atom. The molecule has 0 atom stereocenters. The summed E-state index contributed by atoms with van der Waals surface area (Å²) >= 11 is 1.06. The Hall–Kier alpha value is -1.21. The highest BCUT2D eigenvalue weighted by Gasteiger charge is 2.34. The van der Waals surface area contributed by atoms with Crippen LogP contribution in [0.1, 0.15) is 31.2 Å². The number of nitrogens with one attached hydrogen (secondary N) is 1. The summed E-state index contributed by atoms with van der Waals surface area (Å²) in [5.74, 6) is -0.235. The van der Waals surface area contributed by atoms with Gasteiger partial charge in [-0.3, -0.25) is 4.79 Å². The van der Waals surface area contributed by atoms with E-state index >= 15 is 0 Å². The molecule has 122 valence electrons. The highest BCUT2D eigenvalue weighted by Crippen LogP contribution is 2.32. The van der Waals surface area contributed by atoms with Gasteiger partial charge >= 0.3 is 6.18 Å². The maximum atomic E-state index is 12.6. The fourth-order valence-electron chi connectivity index (χ4n) is 2.62. The summed E-state index contributed by atoms with van der Waals surface area (Å²) in [6, 6.07) is 4.92. The van der Waals surface area contributed by atoms with Crippen molar-refractivity contribution in [2.45, 2.75) is 42.3 Å². The van der Waals surface area contributed by atoms with Crippen molar-refractivity contribution in [3.05, 3.63) is 29.8 Å². The van der Waals surface area contributed by atoms with Crippen LogP contribution in [0.4, 0.5) is 13.2 Å². The number of amides is 1. The summed E-state index contributed by atoms with van der Waals surface area (Å²) in [6.07, 6.45) is -0.986. The molecule has 0 heterocycles. The Morgan fingerprint density at radius 2 is 2.00 bits per heavy atom.